The maximum Gasteiger partial charge on any atom is 0.133 e. The van der Waals surface area contributed by atoms with Gasteiger partial charge in [0.05, 0.1) is 0 Å². The zero-order valence-corrected chi connectivity index (χ0v) is 8.55. The topological polar surface area (TPSA) is 57.4 Å². The third kappa shape index (κ3) is 1.95. The SMILES string of the molecule is Cc1cnc(Pc2ncc(C)[nH]2)[nH]1. The van der Waals surface area contributed by atoms with Crippen LogP contribution in [0.5, 0.6) is 0 Å². The van der Waals surface area contributed by atoms with Crippen LogP contribution in [0.4, 0.5) is 0 Å². The lowest BCUT2D eigenvalue weighted by Gasteiger charge is -1.91. The van der Waals surface area contributed by atoms with Gasteiger partial charge < -0.3 is 9.97 Å². The number of aryl methyl sites for hydroxylation is 2. The number of imidazole rings is 2. The van der Waals surface area contributed by atoms with E-state index in [2.05, 4.69) is 19.9 Å². The van der Waals surface area contributed by atoms with Crippen molar-refractivity contribution in [3.63, 3.8) is 0 Å². The molecule has 0 aliphatic heterocycles. The zero-order chi connectivity index (χ0) is 9.26. The summed E-state index contributed by atoms with van der Waals surface area (Å²) in [6, 6.07) is 0. The first-order chi connectivity index (χ1) is 6.24. The standard InChI is InChI=1S/C8H11N4P/c1-5-3-9-7(11-5)13-8-10-4-6(2)12-8/h3-4,13H,1-2H3,(H,9,11)(H,10,12). The molecular formula is C8H11N4P. The third-order valence-electron chi connectivity index (χ3n) is 1.64. The van der Waals surface area contributed by atoms with E-state index in [0.29, 0.717) is 8.58 Å². The average Bonchev–Trinajstić information content (AvgIpc) is 2.62. The van der Waals surface area contributed by atoms with Crippen LogP contribution >= 0.6 is 8.58 Å². The van der Waals surface area contributed by atoms with Crippen molar-refractivity contribution >= 4 is 19.7 Å². The number of aromatic amines is 2. The zero-order valence-electron chi connectivity index (χ0n) is 7.55. The third-order valence-corrected chi connectivity index (χ3v) is 2.62. The Morgan fingerprint density at radius 2 is 1.46 bits per heavy atom. The van der Waals surface area contributed by atoms with Crippen molar-refractivity contribution in [3.8, 4) is 0 Å². The van der Waals surface area contributed by atoms with E-state index in [1.165, 1.54) is 0 Å². The Morgan fingerprint density at radius 3 is 1.77 bits per heavy atom. The van der Waals surface area contributed by atoms with E-state index < -0.39 is 0 Å². The smallest absolute Gasteiger partial charge is 0.133 e. The summed E-state index contributed by atoms with van der Waals surface area (Å²) in [6.07, 6.45) is 3.66. The molecular weight excluding hydrogens is 183 g/mol. The molecule has 0 amide bonds. The predicted molar refractivity (Wildman–Crippen MR) is 54.2 cm³/mol. The molecule has 2 rings (SSSR count). The molecule has 0 aliphatic carbocycles. The average molecular weight is 194 g/mol. The minimum Gasteiger partial charge on any atom is -0.342 e. The summed E-state index contributed by atoms with van der Waals surface area (Å²) < 4.78 is 0. The van der Waals surface area contributed by atoms with Crippen molar-refractivity contribution in [2.75, 3.05) is 0 Å². The molecule has 0 aliphatic rings. The maximum absolute atomic E-state index is 4.22. The fourth-order valence-electron chi connectivity index (χ4n) is 1.06. The highest BCUT2D eigenvalue weighted by Crippen LogP contribution is 2.04. The van der Waals surface area contributed by atoms with Crippen LogP contribution in [-0.4, -0.2) is 19.9 Å². The van der Waals surface area contributed by atoms with E-state index in [0.717, 1.165) is 22.5 Å². The lowest BCUT2D eigenvalue weighted by molar-refractivity contribution is 1.29. The lowest BCUT2D eigenvalue weighted by atomic mass is 10.6. The first kappa shape index (κ1) is 8.45. The van der Waals surface area contributed by atoms with Gasteiger partial charge in [-0.15, -0.1) is 0 Å². The molecule has 2 N–H and O–H groups in total. The van der Waals surface area contributed by atoms with Gasteiger partial charge in [0.15, 0.2) is 0 Å². The molecule has 0 bridgehead atoms. The molecule has 0 atom stereocenters. The normalized spacial score (nSPS) is 10.6. The van der Waals surface area contributed by atoms with Gasteiger partial charge in [-0.05, 0) is 13.8 Å². The summed E-state index contributed by atoms with van der Waals surface area (Å²) in [6.45, 7) is 3.99. The number of H-pyrrole nitrogens is 2. The van der Waals surface area contributed by atoms with E-state index >= 15 is 0 Å². The van der Waals surface area contributed by atoms with Crippen LogP contribution in [0.2, 0.25) is 0 Å². The molecule has 68 valence electrons. The molecule has 0 radical (unpaired) electrons. The van der Waals surface area contributed by atoms with Gasteiger partial charge in [0.1, 0.15) is 11.1 Å². The molecule has 13 heavy (non-hydrogen) atoms. The van der Waals surface area contributed by atoms with Gasteiger partial charge in [-0.2, -0.15) is 0 Å². The number of rotatable bonds is 2. The Balaban J connectivity index is 2.14. The highest BCUT2D eigenvalue weighted by Gasteiger charge is 2.01. The fraction of sp³-hybridized carbons (Fsp3) is 0.250. The van der Waals surface area contributed by atoms with E-state index in [1.807, 2.05) is 26.2 Å². The Kier molecular flexibility index (Phi) is 2.15. The summed E-state index contributed by atoms with van der Waals surface area (Å²) in [5.41, 5.74) is 4.13. The number of hydrogen-bond donors (Lipinski definition) is 2. The number of hydrogen-bond acceptors (Lipinski definition) is 2. The molecule has 0 aromatic carbocycles. The van der Waals surface area contributed by atoms with Crippen molar-refractivity contribution in [1.29, 1.82) is 0 Å². The van der Waals surface area contributed by atoms with Crippen LogP contribution in [0.15, 0.2) is 12.4 Å². The minimum absolute atomic E-state index is 0.485. The second kappa shape index (κ2) is 3.30. The van der Waals surface area contributed by atoms with Gasteiger partial charge in [-0.25, -0.2) is 9.97 Å². The molecule has 0 unspecified atom stereocenters. The van der Waals surface area contributed by atoms with E-state index in [1.54, 1.807) is 0 Å². The Morgan fingerprint density at radius 1 is 1.00 bits per heavy atom. The maximum atomic E-state index is 4.22. The van der Waals surface area contributed by atoms with Crippen molar-refractivity contribution in [2.24, 2.45) is 0 Å². The van der Waals surface area contributed by atoms with Gasteiger partial charge in [-0.3, -0.25) is 0 Å². The molecule has 2 heterocycles. The van der Waals surface area contributed by atoms with Crippen LogP contribution in [0.3, 0.4) is 0 Å². The summed E-state index contributed by atoms with van der Waals surface area (Å²) in [5.74, 6) is 0. The van der Waals surface area contributed by atoms with Gasteiger partial charge in [-0.1, -0.05) is 0 Å². The Hall–Kier alpha value is -1.15. The predicted octanol–water partition coefficient (Wildman–Crippen LogP) is 0.379. The summed E-state index contributed by atoms with van der Waals surface area (Å²) in [5, 5.41) is 0. The molecule has 0 saturated heterocycles. The van der Waals surface area contributed by atoms with E-state index in [4.69, 9.17) is 0 Å². The second-order valence-corrected chi connectivity index (χ2v) is 4.15. The van der Waals surface area contributed by atoms with Crippen LogP contribution in [0.1, 0.15) is 11.4 Å². The van der Waals surface area contributed by atoms with Crippen LogP contribution in [0, 0.1) is 13.8 Å². The molecule has 5 heteroatoms. The summed E-state index contributed by atoms with van der Waals surface area (Å²) in [4.78, 5) is 14.8. The van der Waals surface area contributed by atoms with Gasteiger partial charge in [0.25, 0.3) is 0 Å². The number of nitrogens with zero attached hydrogens (tertiary/aromatic N) is 2. The summed E-state index contributed by atoms with van der Waals surface area (Å²) >= 11 is 0. The number of aromatic nitrogens is 4. The van der Waals surface area contributed by atoms with Gasteiger partial charge in [0.2, 0.25) is 0 Å². The van der Waals surface area contributed by atoms with E-state index in [-0.39, 0.29) is 0 Å². The highest BCUT2D eigenvalue weighted by atomic mass is 31.1. The molecule has 4 nitrogen and oxygen atoms in total. The highest BCUT2D eigenvalue weighted by molar-refractivity contribution is 7.54. The van der Waals surface area contributed by atoms with Crippen LogP contribution < -0.4 is 11.1 Å². The van der Waals surface area contributed by atoms with Gasteiger partial charge in [0, 0.05) is 32.4 Å². The number of nitrogens with one attached hydrogen (secondary N) is 2. The molecule has 2 aromatic rings. The molecule has 2 aromatic heterocycles. The van der Waals surface area contributed by atoms with Crippen molar-refractivity contribution < 1.29 is 0 Å². The van der Waals surface area contributed by atoms with Crippen molar-refractivity contribution in [2.45, 2.75) is 13.8 Å². The van der Waals surface area contributed by atoms with Crippen molar-refractivity contribution in [1.82, 2.24) is 19.9 Å². The lowest BCUT2D eigenvalue weighted by Crippen LogP contribution is -2.09. The minimum atomic E-state index is 0.485. The summed E-state index contributed by atoms with van der Waals surface area (Å²) in [7, 11) is 0.485. The monoisotopic (exact) mass is 194 g/mol. The van der Waals surface area contributed by atoms with Crippen LogP contribution in [-0.2, 0) is 0 Å². The molecule has 0 saturated carbocycles. The first-order valence-corrected chi connectivity index (χ1v) is 5.04. The molecule has 0 fully saturated rings. The Labute approximate surface area is 78.0 Å². The molecule has 0 spiro atoms. The quantitative estimate of drug-likeness (QED) is 0.679. The second-order valence-electron chi connectivity index (χ2n) is 2.95. The fourth-order valence-corrected chi connectivity index (χ4v) is 2.07. The Bertz CT molecular complexity index is 365. The largest absolute Gasteiger partial charge is 0.342 e. The van der Waals surface area contributed by atoms with Crippen LogP contribution in [0.25, 0.3) is 0 Å². The van der Waals surface area contributed by atoms with Gasteiger partial charge >= 0.3 is 0 Å². The van der Waals surface area contributed by atoms with Crippen molar-refractivity contribution in [3.05, 3.63) is 23.8 Å². The first-order valence-electron chi connectivity index (χ1n) is 4.04. The van der Waals surface area contributed by atoms with E-state index in [9.17, 15) is 0 Å².